The van der Waals surface area contributed by atoms with Gasteiger partial charge < -0.3 is 20.3 Å². The zero-order valence-electron chi connectivity index (χ0n) is 13.1. The van der Waals surface area contributed by atoms with Crippen molar-refractivity contribution in [2.45, 2.75) is 26.2 Å². The first-order valence-corrected chi connectivity index (χ1v) is 7.01. The molecule has 0 aliphatic carbocycles. The molecule has 7 heteroatoms. The van der Waals surface area contributed by atoms with Crippen molar-refractivity contribution in [3.05, 3.63) is 28.8 Å². The summed E-state index contributed by atoms with van der Waals surface area (Å²) in [5.74, 6) is -2.89. The van der Waals surface area contributed by atoms with Crippen LogP contribution in [0.1, 0.15) is 26.3 Å². The standard InChI is InChI=1S/C13H20ClNO.C2H2O4/c1-13(2,3)10-5-6-12(11(14)9-10)16-8-7-15-4;3-1(4)2(5)6/h5-6,9,15H,7-8H2,1-4H3;(H,3,4)(H,5,6). The lowest BCUT2D eigenvalue weighted by Gasteiger charge is -2.20. The minimum atomic E-state index is -1.82. The van der Waals surface area contributed by atoms with E-state index in [1.165, 1.54) is 5.56 Å². The SMILES string of the molecule is CNCCOc1ccc(C(C)(C)C)cc1Cl.O=C(O)C(=O)O. The number of halogens is 1. The Kier molecular flexibility index (Phi) is 8.52. The second-order valence-corrected chi connectivity index (χ2v) is 5.86. The highest BCUT2D eigenvalue weighted by Crippen LogP contribution is 2.30. The van der Waals surface area contributed by atoms with E-state index in [2.05, 4.69) is 32.2 Å². The first-order chi connectivity index (χ1) is 10.1. The van der Waals surface area contributed by atoms with Crippen molar-refractivity contribution in [1.82, 2.24) is 5.32 Å². The van der Waals surface area contributed by atoms with E-state index in [9.17, 15) is 0 Å². The summed E-state index contributed by atoms with van der Waals surface area (Å²) in [7, 11) is 1.90. The van der Waals surface area contributed by atoms with E-state index < -0.39 is 11.9 Å². The fourth-order valence-electron chi connectivity index (χ4n) is 1.35. The smallest absolute Gasteiger partial charge is 0.414 e. The largest absolute Gasteiger partial charge is 0.491 e. The highest BCUT2D eigenvalue weighted by atomic mass is 35.5. The predicted octanol–water partition coefficient (Wildman–Crippen LogP) is 2.39. The molecule has 0 saturated heterocycles. The molecule has 0 aliphatic rings. The lowest BCUT2D eigenvalue weighted by atomic mass is 9.87. The van der Waals surface area contributed by atoms with Gasteiger partial charge in [0, 0.05) is 6.54 Å². The number of rotatable bonds is 4. The Labute approximate surface area is 135 Å². The molecule has 0 unspecified atom stereocenters. The Bertz CT molecular complexity index is 499. The van der Waals surface area contributed by atoms with Crippen molar-refractivity contribution >= 4 is 23.5 Å². The van der Waals surface area contributed by atoms with E-state index in [0.717, 1.165) is 12.3 Å². The Morgan fingerprint density at radius 2 is 1.77 bits per heavy atom. The lowest BCUT2D eigenvalue weighted by molar-refractivity contribution is -0.159. The van der Waals surface area contributed by atoms with E-state index in [4.69, 9.17) is 36.1 Å². The number of likely N-dealkylation sites (N-methyl/N-ethyl adjacent to an activating group) is 1. The molecule has 0 amide bonds. The molecular formula is C15H22ClNO5. The van der Waals surface area contributed by atoms with Gasteiger partial charge in [0.15, 0.2) is 0 Å². The average molecular weight is 332 g/mol. The maximum Gasteiger partial charge on any atom is 0.414 e. The van der Waals surface area contributed by atoms with Gasteiger partial charge in [-0.1, -0.05) is 38.4 Å². The molecule has 22 heavy (non-hydrogen) atoms. The Hall–Kier alpha value is -1.79. The summed E-state index contributed by atoms with van der Waals surface area (Å²) in [6, 6.07) is 6.00. The van der Waals surface area contributed by atoms with Crippen molar-refractivity contribution in [2.24, 2.45) is 0 Å². The van der Waals surface area contributed by atoms with Crippen molar-refractivity contribution in [3.8, 4) is 5.75 Å². The van der Waals surface area contributed by atoms with Gasteiger partial charge in [0.1, 0.15) is 12.4 Å². The average Bonchev–Trinajstić information content (AvgIpc) is 2.40. The molecule has 0 fully saturated rings. The number of ether oxygens (including phenoxy) is 1. The number of hydrogen-bond acceptors (Lipinski definition) is 4. The molecule has 0 saturated carbocycles. The Morgan fingerprint density at radius 1 is 1.23 bits per heavy atom. The fourth-order valence-corrected chi connectivity index (χ4v) is 1.58. The van der Waals surface area contributed by atoms with E-state index in [1.54, 1.807) is 0 Å². The molecule has 0 atom stereocenters. The minimum absolute atomic E-state index is 0.118. The normalized spacial score (nSPS) is 10.4. The second-order valence-electron chi connectivity index (χ2n) is 5.46. The number of carboxylic acids is 2. The highest BCUT2D eigenvalue weighted by Gasteiger charge is 2.15. The van der Waals surface area contributed by atoms with Gasteiger partial charge in [-0.25, -0.2) is 9.59 Å². The molecule has 3 N–H and O–H groups in total. The number of hydrogen-bond donors (Lipinski definition) is 3. The van der Waals surface area contributed by atoms with Crippen LogP contribution in [0.15, 0.2) is 18.2 Å². The van der Waals surface area contributed by atoms with Gasteiger partial charge in [-0.15, -0.1) is 0 Å². The summed E-state index contributed by atoms with van der Waals surface area (Å²) in [5.41, 5.74) is 1.34. The monoisotopic (exact) mass is 331 g/mol. The maximum atomic E-state index is 9.10. The number of carbonyl (C=O) groups is 2. The summed E-state index contributed by atoms with van der Waals surface area (Å²) in [5, 5.41) is 18.5. The molecule has 124 valence electrons. The molecule has 6 nitrogen and oxygen atoms in total. The number of benzene rings is 1. The van der Waals surface area contributed by atoms with Crippen LogP contribution in [0.2, 0.25) is 5.02 Å². The maximum absolute atomic E-state index is 9.10. The minimum Gasteiger partial charge on any atom is -0.491 e. The summed E-state index contributed by atoms with van der Waals surface area (Å²) in [4.78, 5) is 18.2. The van der Waals surface area contributed by atoms with Gasteiger partial charge in [0.25, 0.3) is 0 Å². The first kappa shape index (κ1) is 20.2. The van der Waals surface area contributed by atoms with Crippen molar-refractivity contribution in [3.63, 3.8) is 0 Å². The van der Waals surface area contributed by atoms with E-state index in [-0.39, 0.29) is 5.41 Å². The van der Waals surface area contributed by atoms with Crippen molar-refractivity contribution in [1.29, 1.82) is 0 Å². The molecule has 1 aromatic carbocycles. The van der Waals surface area contributed by atoms with Gasteiger partial charge in [-0.3, -0.25) is 0 Å². The third-order valence-electron chi connectivity index (χ3n) is 2.59. The molecule has 0 bridgehead atoms. The van der Waals surface area contributed by atoms with Crippen LogP contribution in [-0.2, 0) is 15.0 Å². The summed E-state index contributed by atoms with van der Waals surface area (Å²) in [6.07, 6.45) is 0. The van der Waals surface area contributed by atoms with E-state index >= 15 is 0 Å². The molecule has 1 rings (SSSR count). The van der Waals surface area contributed by atoms with Crippen LogP contribution in [-0.4, -0.2) is 42.4 Å². The van der Waals surface area contributed by atoms with E-state index in [1.807, 2.05) is 19.2 Å². The fraction of sp³-hybridized carbons (Fsp3) is 0.467. The Morgan fingerprint density at radius 3 is 2.14 bits per heavy atom. The topological polar surface area (TPSA) is 95.9 Å². The van der Waals surface area contributed by atoms with Gasteiger partial charge in [-0.05, 0) is 30.2 Å². The summed E-state index contributed by atoms with van der Waals surface area (Å²) < 4.78 is 5.55. The van der Waals surface area contributed by atoms with Crippen LogP contribution in [0.3, 0.4) is 0 Å². The molecule has 0 aromatic heterocycles. The summed E-state index contributed by atoms with van der Waals surface area (Å²) >= 11 is 6.17. The molecular weight excluding hydrogens is 310 g/mol. The van der Waals surface area contributed by atoms with Crippen molar-refractivity contribution in [2.75, 3.05) is 20.2 Å². The quantitative estimate of drug-likeness (QED) is 0.579. The zero-order valence-corrected chi connectivity index (χ0v) is 13.9. The van der Waals surface area contributed by atoms with Crippen molar-refractivity contribution < 1.29 is 24.5 Å². The second kappa shape index (κ2) is 9.27. The predicted molar refractivity (Wildman–Crippen MR) is 84.8 cm³/mol. The number of nitrogens with one attached hydrogen (secondary N) is 1. The first-order valence-electron chi connectivity index (χ1n) is 6.63. The van der Waals surface area contributed by atoms with Crippen LogP contribution in [0.25, 0.3) is 0 Å². The molecule has 0 aliphatic heterocycles. The number of aliphatic carboxylic acids is 2. The lowest BCUT2D eigenvalue weighted by Crippen LogP contribution is -2.16. The molecule has 0 spiro atoms. The van der Waals surface area contributed by atoms with Crippen LogP contribution in [0.4, 0.5) is 0 Å². The van der Waals surface area contributed by atoms with Gasteiger partial charge in [-0.2, -0.15) is 0 Å². The third kappa shape index (κ3) is 7.85. The zero-order chi connectivity index (χ0) is 17.3. The van der Waals surface area contributed by atoms with Gasteiger partial charge in [0.05, 0.1) is 5.02 Å². The van der Waals surface area contributed by atoms with Crippen LogP contribution >= 0.6 is 11.6 Å². The highest BCUT2D eigenvalue weighted by molar-refractivity contribution is 6.32. The summed E-state index contributed by atoms with van der Waals surface area (Å²) in [6.45, 7) is 7.95. The molecule has 0 heterocycles. The van der Waals surface area contributed by atoms with Gasteiger partial charge in [0.2, 0.25) is 0 Å². The van der Waals surface area contributed by atoms with Crippen LogP contribution in [0, 0.1) is 0 Å². The number of carboxylic acid groups (broad SMARTS) is 2. The third-order valence-corrected chi connectivity index (χ3v) is 2.89. The molecule has 1 aromatic rings. The van der Waals surface area contributed by atoms with Crippen LogP contribution in [0.5, 0.6) is 5.75 Å². The Balaban J connectivity index is 0.000000626. The van der Waals surface area contributed by atoms with E-state index in [0.29, 0.717) is 11.6 Å². The van der Waals surface area contributed by atoms with Gasteiger partial charge >= 0.3 is 11.9 Å². The van der Waals surface area contributed by atoms with Crippen LogP contribution < -0.4 is 10.1 Å². The molecule has 0 radical (unpaired) electrons.